The molecule has 174 valence electrons. The van der Waals surface area contributed by atoms with Crippen LogP contribution in [0.5, 0.6) is 5.75 Å². The monoisotopic (exact) mass is 545 g/mol. The molecule has 0 saturated heterocycles. The van der Waals surface area contributed by atoms with E-state index in [1.165, 1.54) is 0 Å². The number of aliphatic imine (C=N–C) groups is 1. The Labute approximate surface area is 202 Å². The molecule has 1 aliphatic rings. The lowest BCUT2D eigenvalue weighted by Crippen LogP contribution is -2.44. The summed E-state index contributed by atoms with van der Waals surface area (Å²) >= 11 is 0. The van der Waals surface area contributed by atoms with Crippen molar-refractivity contribution in [2.45, 2.75) is 32.6 Å². The average molecular weight is 545 g/mol. The van der Waals surface area contributed by atoms with Crippen LogP contribution in [-0.2, 0) is 4.79 Å². The van der Waals surface area contributed by atoms with Gasteiger partial charge in [-0.05, 0) is 38.0 Å². The van der Waals surface area contributed by atoms with Crippen LogP contribution in [0.4, 0.5) is 0 Å². The number of rotatable bonds is 9. The number of halogens is 1. The molecule has 0 heterocycles. The van der Waals surface area contributed by atoms with Gasteiger partial charge in [-0.2, -0.15) is 0 Å². The third kappa shape index (κ3) is 7.86. The Morgan fingerprint density at radius 1 is 1.13 bits per heavy atom. The number of hydrogen-bond acceptors (Lipinski definition) is 4. The molecule has 0 unspecified atom stereocenters. The van der Waals surface area contributed by atoms with Crippen molar-refractivity contribution >= 4 is 41.8 Å². The Morgan fingerprint density at radius 2 is 1.81 bits per heavy atom. The van der Waals surface area contributed by atoms with Gasteiger partial charge in [0.2, 0.25) is 5.91 Å². The van der Waals surface area contributed by atoms with Crippen LogP contribution in [-0.4, -0.2) is 70.1 Å². The van der Waals surface area contributed by atoms with Gasteiger partial charge in [0.1, 0.15) is 5.75 Å². The molecule has 2 amide bonds. The molecule has 1 aliphatic carbocycles. The third-order valence-corrected chi connectivity index (χ3v) is 5.34. The lowest BCUT2D eigenvalue weighted by atomic mass is 9.85. The zero-order valence-corrected chi connectivity index (χ0v) is 21.3. The predicted octanol–water partition coefficient (Wildman–Crippen LogP) is 2.25. The zero-order valence-electron chi connectivity index (χ0n) is 19.0. The van der Waals surface area contributed by atoms with Crippen molar-refractivity contribution in [1.29, 1.82) is 0 Å². The molecule has 1 aromatic carbocycles. The van der Waals surface area contributed by atoms with Crippen LogP contribution >= 0.6 is 24.0 Å². The molecule has 3 N–H and O–H groups in total. The van der Waals surface area contributed by atoms with E-state index in [-0.39, 0.29) is 35.8 Å². The summed E-state index contributed by atoms with van der Waals surface area (Å²) in [4.78, 5) is 31.4. The van der Waals surface area contributed by atoms with Crippen LogP contribution < -0.4 is 20.7 Å². The van der Waals surface area contributed by atoms with E-state index >= 15 is 0 Å². The van der Waals surface area contributed by atoms with E-state index in [1.54, 1.807) is 50.4 Å². The molecule has 0 atom stereocenters. The maximum atomic E-state index is 12.7. The molecule has 0 aromatic heterocycles. The summed E-state index contributed by atoms with van der Waals surface area (Å²) in [5.74, 6) is 1.31. The van der Waals surface area contributed by atoms with Gasteiger partial charge >= 0.3 is 0 Å². The number of nitrogens with zero attached hydrogens (tertiary/aromatic N) is 2. The van der Waals surface area contributed by atoms with Gasteiger partial charge in [0, 0.05) is 39.3 Å². The van der Waals surface area contributed by atoms with Crippen molar-refractivity contribution in [2.75, 3.05) is 47.4 Å². The predicted molar refractivity (Wildman–Crippen MR) is 134 cm³/mol. The Balaban J connectivity index is 0.00000480. The van der Waals surface area contributed by atoms with Crippen molar-refractivity contribution in [2.24, 2.45) is 10.4 Å². The summed E-state index contributed by atoms with van der Waals surface area (Å²) in [6.45, 7) is 4.16. The summed E-state index contributed by atoms with van der Waals surface area (Å²) in [5, 5.41) is 9.33. The molecule has 8 nitrogen and oxygen atoms in total. The van der Waals surface area contributed by atoms with Gasteiger partial charge in [-0.15, -0.1) is 24.0 Å². The number of ether oxygens (including phenoxy) is 1. The summed E-state index contributed by atoms with van der Waals surface area (Å²) < 4.78 is 5.15. The van der Waals surface area contributed by atoms with Crippen LogP contribution in [0, 0.1) is 5.41 Å². The topological polar surface area (TPSA) is 95.1 Å². The van der Waals surface area contributed by atoms with E-state index in [0.29, 0.717) is 36.9 Å². The smallest absolute Gasteiger partial charge is 0.251 e. The largest absolute Gasteiger partial charge is 0.497 e. The molecule has 0 bridgehead atoms. The van der Waals surface area contributed by atoms with E-state index in [2.05, 4.69) is 20.9 Å². The molecule has 1 aromatic rings. The first-order valence-electron chi connectivity index (χ1n) is 10.6. The molecule has 2 rings (SSSR count). The Bertz CT molecular complexity index is 748. The first-order valence-corrected chi connectivity index (χ1v) is 10.6. The molecule has 9 heteroatoms. The lowest BCUT2D eigenvalue weighted by molar-refractivity contribution is -0.138. The second-order valence-electron chi connectivity index (χ2n) is 7.80. The van der Waals surface area contributed by atoms with Gasteiger partial charge in [-0.25, -0.2) is 0 Å². The van der Waals surface area contributed by atoms with Crippen LogP contribution in [0.25, 0.3) is 0 Å². The molecule has 0 spiro atoms. The van der Waals surface area contributed by atoms with Gasteiger partial charge in [0.25, 0.3) is 5.91 Å². The maximum Gasteiger partial charge on any atom is 0.251 e. The summed E-state index contributed by atoms with van der Waals surface area (Å²) in [6.07, 6.45) is 3.89. The standard InChI is InChI=1S/C22H35N5O3.HI/c1-5-23-21(26-16-22(11-6-7-12-22)20(29)27(2)3)25-14-13-24-19(28)17-9-8-10-18(15-17)30-4;/h8-10,15H,5-7,11-14,16H2,1-4H3,(H,24,28)(H2,23,25,26);1H. The fourth-order valence-corrected chi connectivity index (χ4v) is 3.76. The second-order valence-corrected chi connectivity index (χ2v) is 7.80. The number of hydrogen-bond donors (Lipinski definition) is 3. The minimum absolute atomic E-state index is 0. The number of carbonyl (C=O) groups excluding carboxylic acids is 2. The second kappa shape index (κ2) is 13.4. The average Bonchev–Trinajstić information content (AvgIpc) is 3.24. The van der Waals surface area contributed by atoms with E-state index in [4.69, 9.17) is 4.74 Å². The fourth-order valence-electron chi connectivity index (χ4n) is 3.76. The Hall–Kier alpha value is -2.04. The van der Waals surface area contributed by atoms with Gasteiger partial charge in [0.15, 0.2) is 5.96 Å². The van der Waals surface area contributed by atoms with Crippen molar-refractivity contribution < 1.29 is 14.3 Å². The first kappa shape index (κ1) is 27.0. The highest BCUT2D eigenvalue weighted by molar-refractivity contribution is 14.0. The summed E-state index contributed by atoms with van der Waals surface area (Å²) in [6, 6.07) is 7.04. The van der Waals surface area contributed by atoms with E-state index in [1.807, 2.05) is 6.92 Å². The quantitative estimate of drug-likeness (QED) is 0.192. The van der Waals surface area contributed by atoms with Crippen LogP contribution in [0.3, 0.4) is 0 Å². The normalized spacial score (nSPS) is 14.9. The Morgan fingerprint density at radius 3 is 2.42 bits per heavy atom. The van der Waals surface area contributed by atoms with E-state index in [0.717, 1.165) is 32.2 Å². The van der Waals surface area contributed by atoms with Gasteiger partial charge in [-0.1, -0.05) is 18.9 Å². The lowest BCUT2D eigenvalue weighted by Gasteiger charge is -2.29. The highest BCUT2D eigenvalue weighted by Crippen LogP contribution is 2.39. The highest BCUT2D eigenvalue weighted by Gasteiger charge is 2.42. The van der Waals surface area contributed by atoms with E-state index in [9.17, 15) is 9.59 Å². The highest BCUT2D eigenvalue weighted by atomic mass is 127. The summed E-state index contributed by atoms with van der Waals surface area (Å²) in [5.41, 5.74) is 0.159. The minimum atomic E-state index is -0.396. The Kier molecular flexibility index (Phi) is 11.7. The van der Waals surface area contributed by atoms with Gasteiger partial charge in [-0.3, -0.25) is 14.6 Å². The van der Waals surface area contributed by atoms with Crippen molar-refractivity contribution in [3.8, 4) is 5.75 Å². The SMILES string of the molecule is CCNC(=NCC1(C(=O)N(C)C)CCCC1)NCCNC(=O)c1cccc(OC)c1.I. The zero-order chi connectivity index (χ0) is 22.0. The number of benzene rings is 1. The molecule has 1 fully saturated rings. The number of nitrogens with one attached hydrogen (secondary N) is 3. The molecule has 0 aliphatic heterocycles. The van der Waals surface area contributed by atoms with E-state index < -0.39 is 5.41 Å². The van der Waals surface area contributed by atoms with Crippen LogP contribution in [0.15, 0.2) is 29.3 Å². The van der Waals surface area contributed by atoms with Gasteiger partial charge < -0.3 is 25.6 Å². The van der Waals surface area contributed by atoms with Crippen molar-refractivity contribution in [3.63, 3.8) is 0 Å². The molecule has 0 radical (unpaired) electrons. The molecular weight excluding hydrogens is 509 g/mol. The molecule has 1 saturated carbocycles. The van der Waals surface area contributed by atoms with Crippen LogP contribution in [0.2, 0.25) is 0 Å². The maximum absolute atomic E-state index is 12.7. The van der Waals surface area contributed by atoms with Crippen LogP contribution in [0.1, 0.15) is 43.0 Å². The third-order valence-electron chi connectivity index (χ3n) is 5.34. The van der Waals surface area contributed by atoms with Crippen molar-refractivity contribution in [1.82, 2.24) is 20.9 Å². The fraction of sp³-hybridized carbons (Fsp3) is 0.591. The number of amides is 2. The van der Waals surface area contributed by atoms with Gasteiger partial charge in [0.05, 0.1) is 19.1 Å². The minimum Gasteiger partial charge on any atom is -0.497 e. The number of carbonyl (C=O) groups is 2. The number of methoxy groups -OCH3 is 1. The summed E-state index contributed by atoms with van der Waals surface area (Å²) in [7, 11) is 5.19. The number of guanidine groups is 1. The molecular formula is C22H36IN5O3. The molecule has 31 heavy (non-hydrogen) atoms. The van der Waals surface area contributed by atoms with Crippen molar-refractivity contribution in [3.05, 3.63) is 29.8 Å². The first-order chi connectivity index (χ1) is 14.4.